The Labute approximate surface area is 158 Å². The molecule has 0 saturated heterocycles. The molecule has 140 valence electrons. The van der Waals surface area contributed by atoms with Crippen molar-refractivity contribution in [2.75, 3.05) is 20.1 Å². The van der Waals surface area contributed by atoms with Crippen molar-refractivity contribution in [1.82, 2.24) is 20.0 Å². The average molecular weight is 365 g/mol. The highest BCUT2D eigenvalue weighted by Crippen LogP contribution is 2.47. The van der Waals surface area contributed by atoms with Crippen LogP contribution in [0.3, 0.4) is 0 Å². The number of rotatable bonds is 6. The van der Waals surface area contributed by atoms with E-state index in [1.165, 1.54) is 6.07 Å². The minimum atomic E-state index is -0.172. The normalized spacial score (nSPS) is 15.7. The van der Waals surface area contributed by atoms with E-state index in [4.69, 9.17) is 0 Å². The number of hydrogen-bond acceptors (Lipinski definition) is 2. The van der Waals surface area contributed by atoms with Crippen molar-refractivity contribution in [3.8, 4) is 0 Å². The first-order valence-electron chi connectivity index (χ1n) is 9.32. The van der Waals surface area contributed by atoms with Gasteiger partial charge in [-0.15, -0.1) is 0 Å². The highest BCUT2D eigenvalue weighted by Gasteiger charge is 2.44. The van der Waals surface area contributed by atoms with Crippen molar-refractivity contribution in [2.45, 2.75) is 24.7 Å². The van der Waals surface area contributed by atoms with E-state index in [2.05, 4.69) is 26.8 Å². The quantitative estimate of drug-likeness (QED) is 0.522. The Hall–Kier alpha value is -2.89. The number of nitrogens with zero attached hydrogens (tertiary/aromatic N) is 3. The summed E-state index contributed by atoms with van der Waals surface area (Å²) in [7, 11) is 1.77. The summed E-state index contributed by atoms with van der Waals surface area (Å²) in [4.78, 5) is 8.90. The Bertz CT molecular complexity index is 925. The van der Waals surface area contributed by atoms with Crippen LogP contribution in [0, 0.1) is 5.82 Å². The SMILES string of the molecule is CN=C(NCCc1cn2ccccc2n1)NCC1(c2cccc(F)c2)CC1. The number of nitrogens with one attached hydrogen (secondary N) is 2. The third kappa shape index (κ3) is 3.94. The zero-order valence-electron chi connectivity index (χ0n) is 15.5. The lowest BCUT2D eigenvalue weighted by Gasteiger charge is -2.19. The Morgan fingerprint density at radius 2 is 2.11 bits per heavy atom. The van der Waals surface area contributed by atoms with Crippen molar-refractivity contribution in [3.05, 3.63) is 71.9 Å². The molecule has 1 saturated carbocycles. The van der Waals surface area contributed by atoms with E-state index in [9.17, 15) is 4.39 Å². The van der Waals surface area contributed by atoms with E-state index in [0.29, 0.717) is 0 Å². The fraction of sp³-hybridized carbons (Fsp3) is 0.333. The maximum atomic E-state index is 13.5. The molecule has 2 heterocycles. The molecule has 0 radical (unpaired) electrons. The lowest BCUT2D eigenvalue weighted by atomic mass is 9.96. The molecule has 3 aromatic rings. The Balaban J connectivity index is 1.29. The van der Waals surface area contributed by atoms with Crippen molar-refractivity contribution in [1.29, 1.82) is 0 Å². The topological polar surface area (TPSA) is 53.7 Å². The molecule has 6 heteroatoms. The average Bonchev–Trinajstić information content (AvgIpc) is 3.36. The van der Waals surface area contributed by atoms with Gasteiger partial charge in [-0.2, -0.15) is 0 Å². The standard InChI is InChI=1S/C21H24FN5/c1-23-20(24-11-8-18-14-27-12-3-2-7-19(27)26-18)25-15-21(9-10-21)16-5-4-6-17(22)13-16/h2-7,12-14H,8-11,15H2,1H3,(H2,23,24,25). The molecule has 0 bridgehead atoms. The number of benzene rings is 1. The molecule has 1 aromatic carbocycles. The molecular formula is C21H24FN5. The van der Waals surface area contributed by atoms with Crippen LogP contribution in [-0.4, -0.2) is 35.5 Å². The molecule has 4 rings (SSSR count). The van der Waals surface area contributed by atoms with Crippen molar-refractivity contribution in [2.24, 2.45) is 4.99 Å². The summed E-state index contributed by atoms with van der Waals surface area (Å²) in [5.41, 5.74) is 3.10. The molecule has 0 atom stereocenters. The zero-order chi connectivity index (χ0) is 18.7. The summed E-state index contributed by atoms with van der Waals surface area (Å²) in [6.45, 7) is 1.50. The second-order valence-electron chi connectivity index (χ2n) is 7.09. The van der Waals surface area contributed by atoms with Crippen molar-refractivity contribution in [3.63, 3.8) is 0 Å². The molecule has 1 fully saturated rings. The molecular weight excluding hydrogens is 341 g/mol. The van der Waals surface area contributed by atoms with Crippen LogP contribution in [0.5, 0.6) is 0 Å². The molecule has 0 unspecified atom stereocenters. The van der Waals surface area contributed by atoms with Gasteiger partial charge in [-0.05, 0) is 42.7 Å². The molecule has 27 heavy (non-hydrogen) atoms. The third-order valence-electron chi connectivity index (χ3n) is 5.20. The van der Waals surface area contributed by atoms with Gasteiger partial charge in [0.05, 0.1) is 5.69 Å². The highest BCUT2D eigenvalue weighted by molar-refractivity contribution is 5.79. The number of aliphatic imine (C=N–C) groups is 1. The van der Waals surface area contributed by atoms with Gasteiger partial charge in [0.1, 0.15) is 11.5 Å². The van der Waals surface area contributed by atoms with Crippen molar-refractivity contribution < 1.29 is 4.39 Å². The molecule has 1 aliphatic rings. The monoisotopic (exact) mass is 365 g/mol. The van der Waals surface area contributed by atoms with Crippen LogP contribution >= 0.6 is 0 Å². The van der Waals surface area contributed by atoms with Gasteiger partial charge in [0.25, 0.3) is 0 Å². The van der Waals surface area contributed by atoms with Crippen LogP contribution < -0.4 is 10.6 Å². The van der Waals surface area contributed by atoms with Gasteiger partial charge in [0, 0.05) is 44.4 Å². The fourth-order valence-corrected chi connectivity index (χ4v) is 3.43. The van der Waals surface area contributed by atoms with Crippen LogP contribution in [0.2, 0.25) is 0 Å². The summed E-state index contributed by atoms with van der Waals surface area (Å²) in [6, 6.07) is 12.9. The van der Waals surface area contributed by atoms with E-state index >= 15 is 0 Å². The predicted octanol–water partition coefficient (Wildman–Crippen LogP) is 2.91. The molecule has 0 amide bonds. The summed E-state index contributed by atoms with van der Waals surface area (Å²) >= 11 is 0. The van der Waals surface area contributed by atoms with Gasteiger partial charge in [-0.3, -0.25) is 4.99 Å². The van der Waals surface area contributed by atoms with Gasteiger partial charge in [-0.25, -0.2) is 9.37 Å². The van der Waals surface area contributed by atoms with Gasteiger partial charge < -0.3 is 15.0 Å². The lowest BCUT2D eigenvalue weighted by molar-refractivity contribution is 0.607. The molecule has 5 nitrogen and oxygen atoms in total. The first kappa shape index (κ1) is 17.5. The highest BCUT2D eigenvalue weighted by atomic mass is 19.1. The first-order valence-corrected chi connectivity index (χ1v) is 9.32. The molecule has 2 N–H and O–H groups in total. The number of imidazole rings is 1. The second-order valence-corrected chi connectivity index (χ2v) is 7.09. The van der Waals surface area contributed by atoms with Crippen LogP contribution in [0.4, 0.5) is 4.39 Å². The first-order chi connectivity index (χ1) is 13.2. The third-order valence-corrected chi connectivity index (χ3v) is 5.20. The fourth-order valence-electron chi connectivity index (χ4n) is 3.43. The minimum absolute atomic E-state index is 0.0291. The summed E-state index contributed by atoms with van der Waals surface area (Å²) in [5.74, 6) is 0.593. The van der Waals surface area contributed by atoms with Crippen LogP contribution in [0.15, 0.2) is 59.9 Å². The number of halogens is 1. The van der Waals surface area contributed by atoms with Gasteiger partial charge in [0.2, 0.25) is 0 Å². The van der Waals surface area contributed by atoms with E-state index in [0.717, 1.165) is 55.2 Å². The van der Waals surface area contributed by atoms with Crippen LogP contribution in [0.1, 0.15) is 24.1 Å². The molecule has 0 spiro atoms. The summed E-state index contributed by atoms with van der Waals surface area (Å²) < 4.78 is 15.6. The van der Waals surface area contributed by atoms with E-state index in [1.54, 1.807) is 19.2 Å². The maximum Gasteiger partial charge on any atom is 0.191 e. The lowest BCUT2D eigenvalue weighted by Crippen LogP contribution is -2.42. The number of aromatic nitrogens is 2. The smallest absolute Gasteiger partial charge is 0.191 e. The number of hydrogen-bond donors (Lipinski definition) is 2. The largest absolute Gasteiger partial charge is 0.356 e. The van der Waals surface area contributed by atoms with Gasteiger partial charge in [-0.1, -0.05) is 18.2 Å². The van der Waals surface area contributed by atoms with Gasteiger partial charge in [0.15, 0.2) is 5.96 Å². The molecule has 1 aliphatic carbocycles. The predicted molar refractivity (Wildman–Crippen MR) is 106 cm³/mol. The minimum Gasteiger partial charge on any atom is -0.356 e. The zero-order valence-corrected chi connectivity index (χ0v) is 15.5. The number of pyridine rings is 1. The van der Waals surface area contributed by atoms with Crippen LogP contribution in [0.25, 0.3) is 5.65 Å². The number of guanidine groups is 1. The summed E-state index contributed by atoms with van der Waals surface area (Å²) in [6.07, 6.45) is 7.01. The van der Waals surface area contributed by atoms with Crippen LogP contribution in [-0.2, 0) is 11.8 Å². The Morgan fingerprint density at radius 3 is 2.85 bits per heavy atom. The maximum absolute atomic E-state index is 13.5. The second kappa shape index (κ2) is 7.39. The van der Waals surface area contributed by atoms with Crippen molar-refractivity contribution >= 4 is 11.6 Å². The molecule has 0 aliphatic heterocycles. The van der Waals surface area contributed by atoms with Gasteiger partial charge >= 0.3 is 0 Å². The Kier molecular flexibility index (Phi) is 4.79. The summed E-state index contributed by atoms with van der Waals surface area (Å²) in [5, 5.41) is 6.73. The van der Waals surface area contributed by atoms with E-state index in [1.807, 2.05) is 34.9 Å². The molecule has 2 aromatic heterocycles. The number of fused-ring (bicyclic) bond motifs is 1. The van der Waals surface area contributed by atoms with E-state index < -0.39 is 0 Å². The Morgan fingerprint density at radius 1 is 1.22 bits per heavy atom. The van der Waals surface area contributed by atoms with E-state index in [-0.39, 0.29) is 11.2 Å².